The lowest BCUT2D eigenvalue weighted by Crippen LogP contribution is -2.38. The lowest BCUT2D eigenvalue weighted by molar-refractivity contribution is -0.131. The second-order valence-electron chi connectivity index (χ2n) is 6.96. The van der Waals surface area contributed by atoms with Crippen LogP contribution in [0.2, 0.25) is 0 Å². The van der Waals surface area contributed by atoms with Crippen LogP contribution in [0.15, 0.2) is 36.7 Å². The van der Waals surface area contributed by atoms with Crippen LogP contribution in [0.5, 0.6) is 0 Å². The highest BCUT2D eigenvalue weighted by atomic mass is 19.3. The Hall–Kier alpha value is -2.70. The number of hydrogen-bond donors (Lipinski definition) is 1. The quantitative estimate of drug-likeness (QED) is 0.758. The third kappa shape index (κ3) is 4.18. The maximum absolute atomic E-state index is 12.2. The largest absolute Gasteiger partial charge is 0.344 e. The standard InChI is InChI=1S/C20H21F2N3O2/c1-13-5-2-3-6-15(13)20(7-4-8-20)9-17-23-10-14(11-24-17)16(26)12-25-19(27)18(21)22/h2-3,5-6,10-11,18H,4,7-9,12H2,1H3,(H,25,27). The van der Waals surface area contributed by atoms with Gasteiger partial charge in [-0.15, -0.1) is 0 Å². The molecule has 3 rings (SSSR count). The van der Waals surface area contributed by atoms with Crippen LogP contribution < -0.4 is 5.32 Å². The zero-order chi connectivity index (χ0) is 19.4. The van der Waals surface area contributed by atoms with Gasteiger partial charge in [0.2, 0.25) is 0 Å². The topological polar surface area (TPSA) is 72.0 Å². The summed E-state index contributed by atoms with van der Waals surface area (Å²) in [6, 6.07) is 8.32. The van der Waals surface area contributed by atoms with Gasteiger partial charge in [0.05, 0.1) is 12.1 Å². The number of nitrogens with one attached hydrogen (secondary N) is 1. The van der Waals surface area contributed by atoms with E-state index >= 15 is 0 Å². The lowest BCUT2D eigenvalue weighted by Gasteiger charge is -2.43. The van der Waals surface area contributed by atoms with Crippen molar-refractivity contribution in [3.63, 3.8) is 0 Å². The second kappa shape index (κ2) is 7.90. The first kappa shape index (κ1) is 19.1. The number of benzene rings is 1. The SMILES string of the molecule is Cc1ccccc1C1(Cc2ncc(C(=O)CNC(=O)C(F)F)cn2)CCC1. The number of amides is 1. The molecule has 1 aliphatic carbocycles. The van der Waals surface area contributed by atoms with Crippen LogP contribution in [0.3, 0.4) is 0 Å². The Balaban J connectivity index is 1.68. The normalized spacial score (nSPS) is 15.3. The van der Waals surface area contributed by atoms with Crippen LogP contribution in [-0.2, 0) is 16.6 Å². The highest BCUT2D eigenvalue weighted by molar-refractivity contribution is 5.99. The van der Waals surface area contributed by atoms with Gasteiger partial charge in [-0.05, 0) is 30.9 Å². The summed E-state index contributed by atoms with van der Waals surface area (Å²) >= 11 is 0. The zero-order valence-electron chi connectivity index (χ0n) is 15.0. The molecule has 1 saturated carbocycles. The first-order chi connectivity index (χ1) is 12.9. The summed E-state index contributed by atoms with van der Waals surface area (Å²) < 4.78 is 24.3. The predicted molar refractivity (Wildman–Crippen MR) is 95.8 cm³/mol. The molecule has 27 heavy (non-hydrogen) atoms. The van der Waals surface area contributed by atoms with E-state index < -0.39 is 24.7 Å². The Morgan fingerprint density at radius 2 is 1.85 bits per heavy atom. The molecule has 7 heteroatoms. The fourth-order valence-electron chi connectivity index (χ4n) is 3.55. The van der Waals surface area contributed by atoms with Gasteiger partial charge in [0.15, 0.2) is 5.78 Å². The Morgan fingerprint density at radius 1 is 1.19 bits per heavy atom. The summed E-state index contributed by atoms with van der Waals surface area (Å²) in [5, 5.41) is 1.89. The van der Waals surface area contributed by atoms with Crippen LogP contribution in [0.1, 0.15) is 46.6 Å². The number of aromatic nitrogens is 2. The molecule has 0 spiro atoms. The Labute approximate surface area is 156 Å². The lowest BCUT2D eigenvalue weighted by atomic mass is 9.61. The molecule has 1 aromatic heterocycles. The van der Waals surface area contributed by atoms with Crippen molar-refractivity contribution in [1.29, 1.82) is 0 Å². The van der Waals surface area contributed by atoms with Crippen molar-refractivity contribution < 1.29 is 18.4 Å². The molecule has 0 unspecified atom stereocenters. The average Bonchev–Trinajstić information content (AvgIpc) is 2.63. The van der Waals surface area contributed by atoms with Gasteiger partial charge >= 0.3 is 6.43 Å². The number of hydrogen-bond acceptors (Lipinski definition) is 4. The predicted octanol–water partition coefficient (Wildman–Crippen LogP) is 3.01. The number of aryl methyl sites for hydroxylation is 1. The van der Waals surface area contributed by atoms with E-state index in [1.807, 2.05) is 17.4 Å². The minimum atomic E-state index is -3.14. The van der Waals surface area contributed by atoms with E-state index in [0.29, 0.717) is 12.2 Å². The molecule has 5 nitrogen and oxygen atoms in total. The molecule has 0 atom stereocenters. The summed E-state index contributed by atoms with van der Waals surface area (Å²) in [6.45, 7) is 1.60. The summed E-state index contributed by atoms with van der Waals surface area (Å²) in [6.07, 6.45) is 3.63. The van der Waals surface area contributed by atoms with Crippen molar-refractivity contribution in [2.45, 2.75) is 44.4 Å². The van der Waals surface area contributed by atoms with Crippen molar-refractivity contribution in [3.05, 3.63) is 59.2 Å². The van der Waals surface area contributed by atoms with Crippen molar-refractivity contribution in [1.82, 2.24) is 15.3 Å². The highest BCUT2D eigenvalue weighted by Gasteiger charge is 2.40. The van der Waals surface area contributed by atoms with Gasteiger partial charge in [-0.3, -0.25) is 9.59 Å². The van der Waals surface area contributed by atoms with Crippen molar-refractivity contribution in [2.75, 3.05) is 6.54 Å². The molecular formula is C20H21F2N3O2. The Kier molecular flexibility index (Phi) is 5.58. The van der Waals surface area contributed by atoms with Crippen LogP contribution >= 0.6 is 0 Å². The zero-order valence-corrected chi connectivity index (χ0v) is 15.0. The maximum atomic E-state index is 12.2. The van der Waals surface area contributed by atoms with Crippen molar-refractivity contribution >= 4 is 11.7 Å². The summed E-state index contributed by atoms with van der Waals surface area (Å²) in [4.78, 5) is 31.4. The molecule has 0 radical (unpaired) electrons. The molecule has 1 N–H and O–H groups in total. The smallest absolute Gasteiger partial charge is 0.315 e. The van der Waals surface area contributed by atoms with Gasteiger partial charge in [0, 0.05) is 24.2 Å². The van der Waals surface area contributed by atoms with Crippen LogP contribution in [-0.4, -0.2) is 34.6 Å². The number of ketones is 1. The third-order valence-corrected chi connectivity index (χ3v) is 5.17. The van der Waals surface area contributed by atoms with Gasteiger partial charge in [-0.25, -0.2) is 9.97 Å². The number of nitrogens with zero attached hydrogens (tertiary/aromatic N) is 2. The fraction of sp³-hybridized carbons (Fsp3) is 0.400. The van der Waals surface area contributed by atoms with E-state index in [9.17, 15) is 18.4 Å². The molecule has 1 amide bonds. The maximum Gasteiger partial charge on any atom is 0.315 e. The molecule has 1 heterocycles. The van der Waals surface area contributed by atoms with Gasteiger partial charge in [0.1, 0.15) is 5.82 Å². The molecule has 2 aromatic rings. The second-order valence-corrected chi connectivity index (χ2v) is 6.96. The number of halogens is 2. The summed E-state index contributed by atoms with van der Waals surface area (Å²) in [7, 11) is 0. The minimum Gasteiger partial charge on any atom is -0.344 e. The van der Waals surface area contributed by atoms with Gasteiger partial charge < -0.3 is 5.32 Å². The molecular weight excluding hydrogens is 352 g/mol. The first-order valence-corrected chi connectivity index (χ1v) is 8.87. The monoisotopic (exact) mass is 373 g/mol. The van der Waals surface area contributed by atoms with Crippen molar-refractivity contribution in [3.8, 4) is 0 Å². The number of Topliss-reactive ketones (excluding diaryl/α,β-unsaturated/α-hetero) is 1. The summed E-state index contributed by atoms with van der Waals surface area (Å²) in [5.41, 5.74) is 2.78. The molecule has 1 aromatic carbocycles. The Bertz CT molecular complexity index is 833. The van der Waals surface area contributed by atoms with E-state index in [4.69, 9.17) is 0 Å². The van der Waals surface area contributed by atoms with Gasteiger partial charge in [0.25, 0.3) is 5.91 Å². The van der Waals surface area contributed by atoms with E-state index in [1.165, 1.54) is 23.5 Å². The molecule has 1 aliphatic rings. The Morgan fingerprint density at radius 3 is 2.41 bits per heavy atom. The fourth-order valence-corrected chi connectivity index (χ4v) is 3.55. The molecule has 142 valence electrons. The van der Waals surface area contributed by atoms with E-state index in [1.54, 1.807) is 0 Å². The first-order valence-electron chi connectivity index (χ1n) is 8.87. The van der Waals surface area contributed by atoms with Gasteiger partial charge in [-0.2, -0.15) is 8.78 Å². The van der Waals surface area contributed by atoms with E-state index in [-0.39, 0.29) is 11.0 Å². The van der Waals surface area contributed by atoms with Crippen LogP contribution in [0, 0.1) is 6.92 Å². The van der Waals surface area contributed by atoms with Gasteiger partial charge in [-0.1, -0.05) is 30.7 Å². The summed E-state index contributed by atoms with van der Waals surface area (Å²) in [5.74, 6) is -1.33. The van der Waals surface area contributed by atoms with E-state index in [0.717, 1.165) is 19.3 Å². The molecule has 1 fully saturated rings. The van der Waals surface area contributed by atoms with E-state index in [2.05, 4.69) is 29.0 Å². The number of carbonyl (C=O) groups excluding carboxylic acids is 2. The third-order valence-electron chi connectivity index (χ3n) is 5.17. The average molecular weight is 373 g/mol. The molecule has 0 bridgehead atoms. The molecule has 0 saturated heterocycles. The number of rotatable bonds is 7. The minimum absolute atomic E-state index is 0.0299. The highest BCUT2D eigenvalue weighted by Crippen LogP contribution is 2.46. The van der Waals surface area contributed by atoms with Crippen LogP contribution in [0.4, 0.5) is 8.78 Å². The number of alkyl halides is 2. The molecule has 0 aliphatic heterocycles. The van der Waals surface area contributed by atoms with Crippen molar-refractivity contribution in [2.24, 2.45) is 0 Å². The number of carbonyl (C=O) groups is 2. The van der Waals surface area contributed by atoms with Crippen LogP contribution in [0.25, 0.3) is 0 Å².